The molecule has 0 fully saturated rings. The Kier molecular flexibility index (Phi) is 4.51. The Balaban J connectivity index is 1.52. The van der Waals surface area contributed by atoms with Gasteiger partial charge in [-0.25, -0.2) is 4.79 Å². The zero-order valence-corrected chi connectivity index (χ0v) is 14.0. The molecule has 0 bridgehead atoms. The second-order valence-electron chi connectivity index (χ2n) is 6.55. The predicted octanol–water partition coefficient (Wildman–Crippen LogP) is 4.05. The van der Waals surface area contributed by atoms with Crippen LogP contribution in [0.4, 0.5) is 10.5 Å². The van der Waals surface area contributed by atoms with Crippen molar-refractivity contribution >= 4 is 22.6 Å². The number of fused-ring (bicyclic) bond motifs is 1. The molecule has 0 radical (unpaired) electrons. The third-order valence-corrected chi connectivity index (χ3v) is 4.29. The Hall–Kier alpha value is -2.82. The van der Waals surface area contributed by atoms with Crippen LogP contribution in [-0.4, -0.2) is 22.8 Å². The van der Waals surface area contributed by atoms with E-state index in [1.54, 1.807) is 6.20 Å². The van der Waals surface area contributed by atoms with Gasteiger partial charge in [0.05, 0.1) is 11.7 Å². The van der Waals surface area contributed by atoms with E-state index in [1.165, 1.54) is 5.56 Å². The van der Waals surface area contributed by atoms with Crippen LogP contribution in [0.3, 0.4) is 0 Å². The highest BCUT2D eigenvalue weighted by atomic mass is 16.2. The maximum Gasteiger partial charge on any atom is 0.319 e. The Labute approximate surface area is 141 Å². The molecular formula is C19H22N4O. The third-order valence-electron chi connectivity index (χ3n) is 4.29. The molecular weight excluding hydrogens is 300 g/mol. The standard InChI is InChI=1S/C19H22N4O/c1-19(2,15-6-4-3-5-7-15)10-11-20-18(24)22-16-8-9-17-14(12-16)13-21-23-17/h3-9,12-13H,10-11H2,1-2H3,(H,21,23)(H2,20,22,24). The molecule has 0 atom stereocenters. The number of nitrogens with zero attached hydrogens (tertiary/aromatic N) is 1. The van der Waals surface area contributed by atoms with E-state index in [2.05, 4.69) is 46.8 Å². The van der Waals surface area contributed by atoms with Gasteiger partial charge >= 0.3 is 6.03 Å². The van der Waals surface area contributed by atoms with Crippen LogP contribution in [0.2, 0.25) is 0 Å². The number of hydrogen-bond acceptors (Lipinski definition) is 2. The van der Waals surface area contributed by atoms with Gasteiger partial charge in [-0.3, -0.25) is 5.10 Å². The van der Waals surface area contributed by atoms with Gasteiger partial charge in [-0.15, -0.1) is 0 Å². The summed E-state index contributed by atoms with van der Waals surface area (Å²) in [4.78, 5) is 12.1. The van der Waals surface area contributed by atoms with E-state index in [-0.39, 0.29) is 11.4 Å². The maximum atomic E-state index is 12.1. The number of aromatic nitrogens is 2. The number of aromatic amines is 1. The first-order valence-electron chi connectivity index (χ1n) is 8.08. The molecule has 1 heterocycles. The molecule has 3 N–H and O–H groups in total. The first-order chi connectivity index (χ1) is 11.5. The zero-order valence-electron chi connectivity index (χ0n) is 14.0. The summed E-state index contributed by atoms with van der Waals surface area (Å²) in [5.41, 5.74) is 3.00. The number of rotatable bonds is 5. The summed E-state index contributed by atoms with van der Waals surface area (Å²) >= 11 is 0. The smallest absolute Gasteiger partial charge is 0.319 e. The number of nitrogens with one attached hydrogen (secondary N) is 3. The highest BCUT2D eigenvalue weighted by Gasteiger charge is 2.20. The number of H-pyrrole nitrogens is 1. The number of benzene rings is 2. The molecule has 0 aliphatic carbocycles. The topological polar surface area (TPSA) is 69.8 Å². The lowest BCUT2D eigenvalue weighted by Crippen LogP contribution is -2.33. The molecule has 2 amide bonds. The van der Waals surface area contributed by atoms with Crippen LogP contribution in [0.5, 0.6) is 0 Å². The van der Waals surface area contributed by atoms with Crippen LogP contribution in [0, 0.1) is 0 Å². The SMILES string of the molecule is CC(C)(CCNC(=O)Nc1ccc2[nH]ncc2c1)c1ccccc1. The van der Waals surface area contributed by atoms with Crippen molar-refractivity contribution in [2.45, 2.75) is 25.7 Å². The second-order valence-corrected chi connectivity index (χ2v) is 6.55. The van der Waals surface area contributed by atoms with Crippen LogP contribution in [0.25, 0.3) is 10.9 Å². The van der Waals surface area contributed by atoms with E-state index in [0.717, 1.165) is 23.0 Å². The summed E-state index contributed by atoms with van der Waals surface area (Å²) in [6, 6.07) is 15.8. The molecule has 0 aliphatic rings. The van der Waals surface area contributed by atoms with Crippen molar-refractivity contribution in [2.24, 2.45) is 0 Å². The van der Waals surface area contributed by atoms with Gasteiger partial charge in [-0.2, -0.15) is 5.10 Å². The third kappa shape index (κ3) is 3.74. The minimum absolute atomic E-state index is 0.0181. The van der Waals surface area contributed by atoms with E-state index in [0.29, 0.717) is 6.54 Å². The number of carbonyl (C=O) groups is 1. The van der Waals surface area contributed by atoms with Crippen molar-refractivity contribution in [2.75, 3.05) is 11.9 Å². The molecule has 1 aromatic heterocycles. The van der Waals surface area contributed by atoms with Gasteiger partial charge in [-0.1, -0.05) is 44.2 Å². The molecule has 0 aliphatic heterocycles. The average Bonchev–Trinajstić information content (AvgIpc) is 3.03. The number of urea groups is 1. The quantitative estimate of drug-likeness (QED) is 0.663. The molecule has 0 saturated heterocycles. The highest BCUT2D eigenvalue weighted by Crippen LogP contribution is 2.26. The second kappa shape index (κ2) is 6.74. The number of carbonyl (C=O) groups excluding carboxylic acids is 1. The summed E-state index contributed by atoms with van der Waals surface area (Å²) in [6.07, 6.45) is 2.60. The van der Waals surface area contributed by atoms with Crippen molar-refractivity contribution < 1.29 is 4.79 Å². The Bertz CT molecular complexity index is 824. The van der Waals surface area contributed by atoms with Gasteiger partial charge in [0.15, 0.2) is 0 Å². The van der Waals surface area contributed by atoms with E-state index < -0.39 is 0 Å². The summed E-state index contributed by atoms with van der Waals surface area (Å²) in [7, 11) is 0. The number of hydrogen-bond donors (Lipinski definition) is 3. The van der Waals surface area contributed by atoms with Crippen molar-refractivity contribution in [3.05, 3.63) is 60.3 Å². The Morgan fingerprint density at radius 3 is 2.75 bits per heavy atom. The van der Waals surface area contributed by atoms with Crippen molar-refractivity contribution in [3.63, 3.8) is 0 Å². The molecule has 3 aromatic rings. The summed E-state index contributed by atoms with van der Waals surface area (Å²) in [5.74, 6) is 0. The van der Waals surface area contributed by atoms with Gasteiger partial charge in [0.1, 0.15) is 0 Å². The van der Waals surface area contributed by atoms with Crippen molar-refractivity contribution in [1.29, 1.82) is 0 Å². The molecule has 5 heteroatoms. The molecule has 5 nitrogen and oxygen atoms in total. The fourth-order valence-electron chi connectivity index (χ4n) is 2.72. The van der Waals surface area contributed by atoms with Crippen LogP contribution >= 0.6 is 0 Å². The Morgan fingerprint density at radius 1 is 1.17 bits per heavy atom. The first-order valence-corrected chi connectivity index (χ1v) is 8.08. The monoisotopic (exact) mass is 322 g/mol. The lowest BCUT2D eigenvalue weighted by Gasteiger charge is -2.25. The zero-order chi connectivity index (χ0) is 17.0. The van der Waals surface area contributed by atoms with Crippen LogP contribution in [0.15, 0.2) is 54.7 Å². The molecule has 24 heavy (non-hydrogen) atoms. The fraction of sp³-hybridized carbons (Fsp3) is 0.263. The van der Waals surface area contributed by atoms with Crippen LogP contribution < -0.4 is 10.6 Å². The molecule has 2 aromatic carbocycles. The number of amides is 2. The highest BCUT2D eigenvalue weighted by molar-refractivity contribution is 5.92. The minimum Gasteiger partial charge on any atom is -0.338 e. The predicted molar refractivity (Wildman–Crippen MR) is 97.2 cm³/mol. The summed E-state index contributed by atoms with van der Waals surface area (Å²) < 4.78 is 0. The van der Waals surface area contributed by atoms with Gasteiger partial charge < -0.3 is 10.6 Å². The van der Waals surface area contributed by atoms with Crippen molar-refractivity contribution in [3.8, 4) is 0 Å². The van der Waals surface area contributed by atoms with E-state index >= 15 is 0 Å². The Morgan fingerprint density at radius 2 is 1.96 bits per heavy atom. The van der Waals surface area contributed by atoms with Gasteiger partial charge in [-0.05, 0) is 35.6 Å². The molecule has 124 valence electrons. The lowest BCUT2D eigenvalue weighted by molar-refractivity contribution is 0.251. The average molecular weight is 322 g/mol. The molecule has 3 rings (SSSR count). The lowest BCUT2D eigenvalue weighted by atomic mass is 9.82. The molecule has 0 unspecified atom stereocenters. The molecule has 0 spiro atoms. The summed E-state index contributed by atoms with van der Waals surface area (Å²) in [5, 5.41) is 13.6. The fourth-order valence-corrected chi connectivity index (χ4v) is 2.72. The summed E-state index contributed by atoms with van der Waals surface area (Å²) in [6.45, 7) is 4.99. The minimum atomic E-state index is -0.193. The van der Waals surface area contributed by atoms with Crippen LogP contribution in [-0.2, 0) is 5.41 Å². The molecule has 0 saturated carbocycles. The first kappa shape index (κ1) is 16.1. The van der Waals surface area contributed by atoms with Gasteiger partial charge in [0.2, 0.25) is 0 Å². The van der Waals surface area contributed by atoms with Gasteiger partial charge in [0, 0.05) is 17.6 Å². The number of anilines is 1. The van der Waals surface area contributed by atoms with E-state index in [1.807, 2.05) is 36.4 Å². The van der Waals surface area contributed by atoms with Crippen molar-refractivity contribution in [1.82, 2.24) is 15.5 Å². The van der Waals surface area contributed by atoms with E-state index in [9.17, 15) is 4.79 Å². The van der Waals surface area contributed by atoms with E-state index in [4.69, 9.17) is 0 Å². The largest absolute Gasteiger partial charge is 0.338 e. The normalized spacial score (nSPS) is 11.4. The van der Waals surface area contributed by atoms with Crippen LogP contribution in [0.1, 0.15) is 25.8 Å². The van der Waals surface area contributed by atoms with Gasteiger partial charge in [0.25, 0.3) is 0 Å². The maximum absolute atomic E-state index is 12.1.